The highest BCUT2D eigenvalue weighted by atomic mass is 16.5. The van der Waals surface area contributed by atoms with E-state index in [-0.39, 0.29) is 28.5 Å². The zero-order chi connectivity index (χ0) is 14.9. The van der Waals surface area contributed by atoms with Crippen LogP contribution in [-0.2, 0) is 4.74 Å². The number of carbonyl (C=O) groups excluding carboxylic acids is 2. The molecule has 0 spiro atoms. The second kappa shape index (κ2) is 5.36. The van der Waals surface area contributed by atoms with Crippen LogP contribution in [0.25, 0.3) is 0 Å². The van der Waals surface area contributed by atoms with Crippen molar-refractivity contribution in [2.75, 3.05) is 20.8 Å². The molecule has 0 unspecified atom stereocenters. The summed E-state index contributed by atoms with van der Waals surface area (Å²) in [6, 6.07) is 3.12. The van der Waals surface area contributed by atoms with E-state index in [1.165, 1.54) is 14.2 Å². The van der Waals surface area contributed by atoms with Crippen LogP contribution in [0.3, 0.4) is 0 Å². The Hall–Kier alpha value is -2.30. The molecule has 1 aliphatic carbocycles. The summed E-state index contributed by atoms with van der Waals surface area (Å²) in [7, 11) is 2.93. The lowest BCUT2D eigenvalue weighted by Crippen LogP contribution is -2.23. The van der Waals surface area contributed by atoms with E-state index in [0.29, 0.717) is 23.7 Å². The van der Waals surface area contributed by atoms with E-state index < -0.39 is 0 Å². The molecule has 0 saturated carbocycles. The summed E-state index contributed by atoms with van der Waals surface area (Å²) in [5.74, 6) is 0.281. The van der Waals surface area contributed by atoms with Gasteiger partial charge in [0.25, 0.3) is 0 Å². The minimum atomic E-state index is -0.335. The maximum atomic E-state index is 12.5. The smallest absolute Gasteiger partial charge is 0.232 e. The highest BCUT2D eigenvalue weighted by Crippen LogP contribution is 2.36. The Bertz CT molecular complexity index is 613. The number of ether oxygens (including phenoxy) is 3. The Balaban J connectivity index is 2.69. The minimum Gasteiger partial charge on any atom is -0.497 e. The number of fused-ring (bicyclic) bond motifs is 1. The Kier molecular flexibility index (Phi) is 3.79. The first-order valence-corrected chi connectivity index (χ1v) is 6.24. The van der Waals surface area contributed by atoms with E-state index in [9.17, 15) is 9.59 Å². The molecule has 0 bridgehead atoms. The molecule has 0 radical (unpaired) electrons. The quantitative estimate of drug-likeness (QED) is 0.845. The first-order valence-electron chi connectivity index (χ1n) is 6.24. The highest BCUT2D eigenvalue weighted by molar-refractivity contribution is 6.27. The summed E-state index contributed by atoms with van der Waals surface area (Å²) in [6.45, 7) is 3.67. The monoisotopic (exact) mass is 276 g/mol. The molecule has 0 aliphatic heterocycles. The first kappa shape index (κ1) is 14.1. The average Bonchev–Trinajstić information content (AvgIpc) is 2.47. The van der Waals surface area contributed by atoms with Crippen LogP contribution in [0.1, 0.15) is 34.6 Å². The van der Waals surface area contributed by atoms with E-state index in [2.05, 4.69) is 0 Å². The molecule has 5 heteroatoms. The van der Waals surface area contributed by atoms with Crippen LogP contribution in [0.2, 0.25) is 0 Å². The average molecular weight is 276 g/mol. The summed E-state index contributed by atoms with van der Waals surface area (Å²) < 4.78 is 15.6. The van der Waals surface area contributed by atoms with Gasteiger partial charge >= 0.3 is 0 Å². The molecule has 0 fully saturated rings. The van der Waals surface area contributed by atoms with Crippen LogP contribution in [0.5, 0.6) is 11.5 Å². The van der Waals surface area contributed by atoms with Gasteiger partial charge in [0, 0.05) is 17.2 Å². The zero-order valence-electron chi connectivity index (χ0n) is 11.9. The molecule has 2 rings (SSSR count). The number of rotatable bonds is 4. The van der Waals surface area contributed by atoms with Crippen LogP contribution >= 0.6 is 0 Å². The maximum absolute atomic E-state index is 12.5. The number of carbonyl (C=O) groups is 2. The van der Waals surface area contributed by atoms with Gasteiger partial charge in [-0.15, -0.1) is 0 Å². The highest BCUT2D eigenvalue weighted by Gasteiger charge is 2.34. The van der Waals surface area contributed by atoms with Crippen molar-refractivity contribution in [3.63, 3.8) is 0 Å². The van der Waals surface area contributed by atoms with Crippen LogP contribution in [-0.4, -0.2) is 32.4 Å². The summed E-state index contributed by atoms with van der Waals surface area (Å²) in [5.41, 5.74) is 0.819. The number of benzene rings is 1. The van der Waals surface area contributed by atoms with Crippen molar-refractivity contribution in [3.05, 3.63) is 34.6 Å². The molecular formula is C15H16O5. The number of ketones is 2. The lowest BCUT2D eigenvalue weighted by atomic mass is 9.88. The summed E-state index contributed by atoms with van der Waals surface area (Å²) in [6.07, 6.45) is 0. The van der Waals surface area contributed by atoms with Gasteiger partial charge in [-0.1, -0.05) is 0 Å². The fraction of sp³-hybridized carbons (Fsp3) is 0.333. The van der Waals surface area contributed by atoms with Crippen molar-refractivity contribution in [3.8, 4) is 11.5 Å². The second-order valence-electron chi connectivity index (χ2n) is 4.30. The third-order valence-corrected chi connectivity index (χ3v) is 3.18. The van der Waals surface area contributed by atoms with E-state index >= 15 is 0 Å². The Morgan fingerprint density at radius 2 is 1.75 bits per heavy atom. The fourth-order valence-corrected chi connectivity index (χ4v) is 2.19. The molecule has 20 heavy (non-hydrogen) atoms. The Morgan fingerprint density at radius 1 is 1.05 bits per heavy atom. The lowest BCUT2D eigenvalue weighted by Gasteiger charge is -2.21. The number of Topliss-reactive ketones (excluding diaryl/α,β-unsaturated/α-hetero) is 2. The van der Waals surface area contributed by atoms with Gasteiger partial charge in [0.2, 0.25) is 5.78 Å². The number of hydrogen-bond acceptors (Lipinski definition) is 5. The predicted octanol–water partition coefficient (Wildman–Crippen LogP) is 2.39. The zero-order valence-corrected chi connectivity index (χ0v) is 11.9. The van der Waals surface area contributed by atoms with Gasteiger partial charge in [-0.25, -0.2) is 0 Å². The molecule has 1 aliphatic rings. The van der Waals surface area contributed by atoms with Crippen LogP contribution in [0, 0.1) is 0 Å². The van der Waals surface area contributed by atoms with E-state index in [0.717, 1.165) is 0 Å². The van der Waals surface area contributed by atoms with Gasteiger partial charge in [-0.3, -0.25) is 9.59 Å². The summed E-state index contributed by atoms with van der Waals surface area (Å²) in [4.78, 5) is 24.9. The van der Waals surface area contributed by atoms with E-state index in [1.807, 2.05) is 0 Å². The molecule has 0 N–H and O–H groups in total. The second-order valence-corrected chi connectivity index (χ2v) is 4.30. The molecule has 0 heterocycles. The molecule has 1 aromatic carbocycles. The Morgan fingerprint density at radius 3 is 2.30 bits per heavy atom. The largest absolute Gasteiger partial charge is 0.497 e. The normalized spacial score (nSPS) is 14.2. The summed E-state index contributed by atoms with van der Waals surface area (Å²) >= 11 is 0. The number of allylic oxidation sites excluding steroid dienone is 2. The SMILES string of the molecule is CCOC1=C(C)C(=O)c2cc(OC)cc(OC)c2C1=O. The number of methoxy groups -OCH3 is 2. The van der Waals surface area contributed by atoms with Crippen LogP contribution < -0.4 is 9.47 Å². The third kappa shape index (κ3) is 2.05. The van der Waals surface area contributed by atoms with Crippen LogP contribution in [0.4, 0.5) is 0 Å². The van der Waals surface area contributed by atoms with Crippen molar-refractivity contribution in [2.24, 2.45) is 0 Å². The van der Waals surface area contributed by atoms with Gasteiger partial charge in [0.05, 0.1) is 26.4 Å². The van der Waals surface area contributed by atoms with Gasteiger partial charge < -0.3 is 14.2 Å². The molecule has 0 atom stereocenters. The topological polar surface area (TPSA) is 61.8 Å². The fourth-order valence-electron chi connectivity index (χ4n) is 2.19. The number of hydrogen-bond donors (Lipinski definition) is 0. The van der Waals surface area contributed by atoms with Crippen molar-refractivity contribution in [1.82, 2.24) is 0 Å². The summed E-state index contributed by atoms with van der Waals surface area (Å²) in [5, 5.41) is 0. The Labute approximate surface area is 117 Å². The standard InChI is InChI=1S/C15H16O5/c1-5-20-15-8(2)13(16)10-6-9(18-3)7-11(19-4)12(10)14(15)17/h6-7H,5H2,1-4H3. The van der Waals surface area contributed by atoms with Crippen molar-refractivity contribution < 1.29 is 23.8 Å². The van der Waals surface area contributed by atoms with Gasteiger partial charge in [0.15, 0.2) is 11.5 Å². The van der Waals surface area contributed by atoms with Gasteiger partial charge in [-0.05, 0) is 19.9 Å². The molecule has 0 saturated heterocycles. The maximum Gasteiger partial charge on any atom is 0.232 e. The molecule has 106 valence electrons. The molecule has 0 aromatic heterocycles. The van der Waals surface area contributed by atoms with Crippen molar-refractivity contribution in [1.29, 1.82) is 0 Å². The molecular weight excluding hydrogens is 260 g/mol. The molecule has 0 amide bonds. The predicted molar refractivity (Wildman–Crippen MR) is 72.5 cm³/mol. The molecule has 5 nitrogen and oxygen atoms in total. The minimum absolute atomic E-state index is 0.0912. The molecule has 1 aromatic rings. The van der Waals surface area contributed by atoms with E-state index in [1.54, 1.807) is 26.0 Å². The van der Waals surface area contributed by atoms with Gasteiger partial charge in [-0.2, -0.15) is 0 Å². The van der Waals surface area contributed by atoms with Gasteiger partial charge in [0.1, 0.15) is 11.5 Å². The van der Waals surface area contributed by atoms with E-state index in [4.69, 9.17) is 14.2 Å². The van der Waals surface area contributed by atoms with Crippen molar-refractivity contribution >= 4 is 11.6 Å². The first-order chi connectivity index (χ1) is 9.54. The van der Waals surface area contributed by atoms with Crippen LogP contribution in [0.15, 0.2) is 23.5 Å². The third-order valence-electron chi connectivity index (χ3n) is 3.18. The van der Waals surface area contributed by atoms with Crippen molar-refractivity contribution in [2.45, 2.75) is 13.8 Å². The lowest BCUT2D eigenvalue weighted by molar-refractivity contribution is 0.0877.